The molecular formula is C20H18F5NO4S. The molecule has 168 valence electrons. The molecule has 0 radical (unpaired) electrons. The monoisotopic (exact) mass is 463 g/mol. The molecule has 0 atom stereocenters. The van der Waals surface area contributed by atoms with E-state index in [9.17, 15) is 35.2 Å². The molecule has 0 bridgehead atoms. The van der Waals surface area contributed by atoms with Gasteiger partial charge in [-0.1, -0.05) is 25.0 Å². The first-order valence-corrected chi connectivity index (χ1v) is 10.7. The van der Waals surface area contributed by atoms with Crippen LogP contribution in [0.5, 0.6) is 0 Å². The first-order chi connectivity index (χ1) is 14.6. The Morgan fingerprint density at radius 2 is 1.42 bits per heavy atom. The summed E-state index contributed by atoms with van der Waals surface area (Å²) in [6.45, 7) is -0.381. The van der Waals surface area contributed by atoms with Crippen molar-refractivity contribution in [2.75, 3.05) is 7.11 Å². The molecule has 1 aliphatic carbocycles. The van der Waals surface area contributed by atoms with Crippen LogP contribution in [0.4, 0.5) is 22.0 Å². The molecule has 5 nitrogen and oxygen atoms in total. The normalized spacial score (nSPS) is 14.9. The average Bonchev–Trinajstić information content (AvgIpc) is 3.28. The number of hydrogen-bond acceptors (Lipinski definition) is 4. The van der Waals surface area contributed by atoms with Crippen molar-refractivity contribution in [1.82, 2.24) is 4.31 Å². The number of ether oxygens (including phenoxy) is 1. The lowest BCUT2D eigenvalue weighted by Gasteiger charge is -2.28. The maximum atomic E-state index is 14.3. The summed E-state index contributed by atoms with van der Waals surface area (Å²) < 4.78 is 101. The predicted molar refractivity (Wildman–Crippen MR) is 99.0 cm³/mol. The summed E-state index contributed by atoms with van der Waals surface area (Å²) in [4.78, 5) is 9.68. The fourth-order valence-corrected chi connectivity index (χ4v) is 5.36. The summed E-state index contributed by atoms with van der Waals surface area (Å²) in [6, 6.07) is 4.91. The molecule has 11 heteroatoms. The molecule has 1 aliphatic rings. The second-order valence-corrected chi connectivity index (χ2v) is 8.90. The minimum Gasteiger partial charge on any atom is -0.465 e. The minimum atomic E-state index is -5.09. The fourth-order valence-electron chi connectivity index (χ4n) is 3.58. The van der Waals surface area contributed by atoms with Crippen molar-refractivity contribution in [3.05, 3.63) is 64.5 Å². The Morgan fingerprint density at radius 3 is 1.90 bits per heavy atom. The molecule has 3 rings (SSSR count). The molecule has 0 N–H and O–H groups in total. The summed E-state index contributed by atoms with van der Waals surface area (Å²) in [7, 11) is -3.90. The van der Waals surface area contributed by atoms with E-state index in [2.05, 4.69) is 4.74 Å². The summed E-state index contributed by atoms with van der Waals surface area (Å²) in [6.07, 6.45) is 2.04. The maximum Gasteiger partial charge on any atom is 0.337 e. The van der Waals surface area contributed by atoms with Crippen LogP contribution in [0.2, 0.25) is 0 Å². The number of hydrogen-bond donors (Lipinski definition) is 0. The smallest absolute Gasteiger partial charge is 0.337 e. The molecule has 31 heavy (non-hydrogen) atoms. The fraction of sp³-hybridized carbons (Fsp3) is 0.350. The van der Waals surface area contributed by atoms with Crippen LogP contribution in [0.1, 0.15) is 41.6 Å². The zero-order chi connectivity index (χ0) is 22.9. The second-order valence-electron chi connectivity index (χ2n) is 7.08. The third kappa shape index (κ3) is 4.29. The van der Waals surface area contributed by atoms with Gasteiger partial charge in [-0.3, -0.25) is 0 Å². The molecule has 0 heterocycles. The number of esters is 1. The molecule has 0 spiro atoms. The summed E-state index contributed by atoms with van der Waals surface area (Å²) in [5.41, 5.74) is 0.549. The molecule has 1 saturated carbocycles. The number of carbonyl (C=O) groups excluding carboxylic acids is 1. The topological polar surface area (TPSA) is 63.7 Å². The molecular weight excluding hydrogens is 445 g/mol. The highest BCUT2D eigenvalue weighted by atomic mass is 32.2. The Kier molecular flexibility index (Phi) is 6.65. The quantitative estimate of drug-likeness (QED) is 0.277. The van der Waals surface area contributed by atoms with Crippen LogP contribution in [-0.4, -0.2) is 31.8 Å². The number of sulfonamides is 1. The van der Waals surface area contributed by atoms with Crippen LogP contribution < -0.4 is 0 Å². The van der Waals surface area contributed by atoms with Gasteiger partial charge in [0.15, 0.2) is 28.2 Å². The van der Waals surface area contributed by atoms with Crippen LogP contribution in [0.3, 0.4) is 0 Å². The van der Waals surface area contributed by atoms with Gasteiger partial charge in [0.05, 0.1) is 12.7 Å². The van der Waals surface area contributed by atoms with E-state index in [0.29, 0.717) is 31.2 Å². The molecule has 0 aliphatic heterocycles. The van der Waals surface area contributed by atoms with Gasteiger partial charge in [0.2, 0.25) is 15.8 Å². The minimum absolute atomic E-state index is 0.196. The molecule has 2 aromatic carbocycles. The highest BCUT2D eigenvalue weighted by molar-refractivity contribution is 7.89. The SMILES string of the molecule is COC(=O)c1ccc(CN(C2CCCC2)S(=O)(=O)c2c(F)c(F)c(F)c(F)c2F)cc1. The van der Waals surface area contributed by atoms with E-state index < -0.39 is 56.0 Å². The number of methoxy groups -OCH3 is 1. The van der Waals surface area contributed by atoms with Gasteiger partial charge in [0.1, 0.15) is 0 Å². The highest BCUT2D eigenvalue weighted by Gasteiger charge is 2.40. The lowest BCUT2D eigenvalue weighted by Crippen LogP contribution is -2.39. The zero-order valence-corrected chi connectivity index (χ0v) is 17.1. The van der Waals surface area contributed by atoms with E-state index in [1.807, 2.05) is 0 Å². The Hall–Kier alpha value is -2.53. The van der Waals surface area contributed by atoms with Gasteiger partial charge in [0.25, 0.3) is 0 Å². The van der Waals surface area contributed by atoms with Crippen molar-refractivity contribution < 1.29 is 39.9 Å². The van der Waals surface area contributed by atoms with Crippen LogP contribution >= 0.6 is 0 Å². The van der Waals surface area contributed by atoms with Gasteiger partial charge in [-0.05, 0) is 30.5 Å². The average molecular weight is 463 g/mol. The van der Waals surface area contributed by atoms with Crippen molar-refractivity contribution >= 4 is 16.0 Å². The Balaban J connectivity index is 2.06. The third-order valence-electron chi connectivity index (χ3n) is 5.18. The predicted octanol–water partition coefficient (Wildman–Crippen LogP) is 4.30. The van der Waals surface area contributed by atoms with Gasteiger partial charge >= 0.3 is 5.97 Å². The van der Waals surface area contributed by atoms with Gasteiger partial charge in [-0.2, -0.15) is 4.31 Å². The lowest BCUT2D eigenvalue weighted by atomic mass is 10.1. The summed E-state index contributed by atoms with van der Waals surface area (Å²) >= 11 is 0. The second kappa shape index (κ2) is 8.91. The van der Waals surface area contributed by atoms with E-state index >= 15 is 0 Å². The number of benzene rings is 2. The molecule has 0 amide bonds. The number of rotatable bonds is 6. The van der Waals surface area contributed by atoms with Gasteiger partial charge in [-0.15, -0.1) is 0 Å². The van der Waals surface area contributed by atoms with E-state index in [0.717, 1.165) is 4.31 Å². The molecule has 0 saturated heterocycles. The highest BCUT2D eigenvalue weighted by Crippen LogP contribution is 2.34. The van der Waals surface area contributed by atoms with Crippen LogP contribution in [0.25, 0.3) is 0 Å². The third-order valence-corrected chi connectivity index (χ3v) is 7.10. The lowest BCUT2D eigenvalue weighted by molar-refractivity contribution is 0.0600. The first-order valence-electron chi connectivity index (χ1n) is 9.30. The van der Waals surface area contributed by atoms with Crippen molar-refractivity contribution in [3.8, 4) is 0 Å². The molecule has 0 unspecified atom stereocenters. The van der Waals surface area contributed by atoms with E-state index in [1.54, 1.807) is 0 Å². The van der Waals surface area contributed by atoms with Crippen molar-refractivity contribution in [2.24, 2.45) is 0 Å². The van der Waals surface area contributed by atoms with Crippen molar-refractivity contribution in [2.45, 2.75) is 43.2 Å². The largest absolute Gasteiger partial charge is 0.465 e. The summed E-state index contributed by atoms with van der Waals surface area (Å²) in [5, 5.41) is 0. The zero-order valence-electron chi connectivity index (χ0n) is 16.3. The molecule has 0 aromatic heterocycles. The van der Waals surface area contributed by atoms with Crippen LogP contribution in [0, 0.1) is 29.1 Å². The number of carbonyl (C=O) groups is 1. The molecule has 1 fully saturated rings. The van der Waals surface area contributed by atoms with E-state index in [-0.39, 0.29) is 12.1 Å². The number of halogens is 5. The van der Waals surface area contributed by atoms with Crippen LogP contribution in [0.15, 0.2) is 29.2 Å². The van der Waals surface area contributed by atoms with Gasteiger partial charge < -0.3 is 4.74 Å². The molecule has 2 aromatic rings. The van der Waals surface area contributed by atoms with E-state index in [4.69, 9.17) is 0 Å². The van der Waals surface area contributed by atoms with E-state index in [1.165, 1.54) is 31.4 Å². The standard InChI is InChI=1S/C20H18F5NO4S/c1-30-20(27)12-8-6-11(7-9-12)10-26(13-4-2-3-5-13)31(28,29)19-17(24)15(22)14(21)16(23)18(19)25/h6-9,13H,2-5,10H2,1H3. The van der Waals surface area contributed by atoms with Gasteiger partial charge in [0, 0.05) is 12.6 Å². The Morgan fingerprint density at radius 1 is 0.935 bits per heavy atom. The first kappa shape index (κ1) is 23.1. The summed E-state index contributed by atoms with van der Waals surface area (Å²) in [5.74, 6) is -12.5. The van der Waals surface area contributed by atoms with Crippen LogP contribution in [-0.2, 0) is 21.3 Å². The van der Waals surface area contributed by atoms with Gasteiger partial charge in [-0.25, -0.2) is 35.2 Å². The Labute approximate surface area is 175 Å². The number of nitrogens with zero attached hydrogens (tertiary/aromatic N) is 1. The van der Waals surface area contributed by atoms with Crippen molar-refractivity contribution in [1.29, 1.82) is 0 Å². The van der Waals surface area contributed by atoms with Crippen molar-refractivity contribution in [3.63, 3.8) is 0 Å². The maximum absolute atomic E-state index is 14.3. The Bertz CT molecular complexity index is 1070.